The zero-order valence-electron chi connectivity index (χ0n) is 17.6. The summed E-state index contributed by atoms with van der Waals surface area (Å²) in [4.78, 5) is 27.7. The number of likely N-dealkylation sites (N-methyl/N-ethyl adjacent to an activating group) is 1. The Labute approximate surface area is 187 Å². The average Bonchev–Trinajstić information content (AvgIpc) is 3.29. The van der Waals surface area contributed by atoms with E-state index in [0.29, 0.717) is 17.3 Å². The summed E-state index contributed by atoms with van der Waals surface area (Å²) in [5, 5.41) is 5.93. The number of amides is 1. The fourth-order valence-electron chi connectivity index (χ4n) is 3.62. The first kappa shape index (κ1) is 22.5. The second kappa shape index (κ2) is 9.41. The lowest BCUT2D eigenvalue weighted by atomic mass is 10.1. The Kier molecular flexibility index (Phi) is 6.40. The molecular weight excluding hydrogens is 437 g/mol. The van der Waals surface area contributed by atoms with Gasteiger partial charge >= 0.3 is 6.36 Å². The SMILES string of the molecule is CN[C@@H]1CCN(c2ncc(C(=O)Nc3ccc(OC(F)(F)F)cc3)cc2-c2cncnc2)C1. The van der Waals surface area contributed by atoms with Gasteiger partial charge in [0.15, 0.2) is 0 Å². The number of aromatic nitrogens is 3. The van der Waals surface area contributed by atoms with Crippen LogP contribution in [0, 0.1) is 0 Å². The third-order valence-corrected chi connectivity index (χ3v) is 5.24. The summed E-state index contributed by atoms with van der Waals surface area (Å²) < 4.78 is 40.8. The zero-order valence-corrected chi connectivity index (χ0v) is 17.6. The van der Waals surface area contributed by atoms with Crippen LogP contribution in [0.2, 0.25) is 0 Å². The summed E-state index contributed by atoms with van der Waals surface area (Å²) in [7, 11) is 1.92. The molecule has 0 bridgehead atoms. The van der Waals surface area contributed by atoms with Crippen molar-refractivity contribution in [3.05, 3.63) is 60.8 Å². The van der Waals surface area contributed by atoms with E-state index in [2.05, 4.69) is 35.2 Å². The van der Waals surface area contributed by atoms with E-state index in [0.717, 1.165) is 43.0 Å². The number of halogens is 3. The normalized spacial score (nSPS) is 16.0. The van der Waals surface area contributed by atoms with Gasteiger partial charge in [0.2, 0.25) is 0 Å². The summed E-state index contributed by atoms with van der Waals surface area (Å²) >= 11 is 0. The number of alkyl halides is 3. The third kappa shape index (κ3) is 5.55. The van der Waals surface area contributed by atoms with E-state index >= 15 is 0 Å². The van der Waals surface area contributed by atoms with E-state index in [-0.39, 0.29) is 11.3 Å². The van der Waals surface area contributed by atoms with Crippen molar-refractivity contribution in [2.45, 2.75) is 18.8 Å². The van der Waals surface area contributed by atoms with Crippen LogP contribution in [-0.2, 0) is 0 Å². The number of hydrogen-bond donors (Lipinski definition) is 2. The van der Waals surface area contributed by atoms with Crippen LogP contribution in [0.25, 0.3) is 11.1 Å². The number of carbonyl (C=O) groups excluding carboxylic acids is 1. The van der Waals surface area contributed by atoms with Gasteiger partial charge in [0.25, 0.3) is 5.91 Å². The lowest BCUT2D eigenvalue weighted by molar-refractivity contribution is -0.274. The van der Waals surface area contributed by atoms with Crippen LogP contribution in [0.4, 0.5) is 24.7 Å². The van der Waals surface area contributed by atoms with Crippen LogP contribution in [0.1, 0.15) is 16.8 Å². The van der Waals surface area contributed by atoms with Gasteiger partial charge in [-0.1, -0.05) is 0 Å². The average molecular weight is 458 g/mol. The second-order valence-electron chi connectivity index (χ2n) is 7.47. The molecule has 4 rings (SSSR count). The van der Waals surface area contributed by atoms with Crippen molar-refractivity contribution in [3.8, 4) is 16.9 Å². The standard InChI is InChI=1S/C22H21F3N6O2/c1-26-17-6-7-31(12-17)20-19(15-9-27-13-28-10-15)8-14(11-29-20)21(32)30-16-2-4-18(5-3-16)33-22(23,24)25/h2-5,8-11,13,17,26H,6-7,12H2,1H3,(H,30,32)/t17-/m1/s1. The van der Waals surface area contributed by atoms with Gasteiger partial charge in [-0.3, -0.25) is 4.79 Å². The van der Waals surface area contributed by atoms with E-state index in [4.69, 9.17) is 0 Å². The number of nitrogens with one attached hydrogen (secondary N) is 2. The largest absolute Gasteiger partial charge is 0.573 e. The van der Waals surface area contributed by atoms with Crippen molar-refractivity contribution in [2.75, 3.05) is 30.4 Å². The molecular formula is C22H21F3N6O2. The van der Waals surface area contributed by atoms with Gasteiger partial charge in [0.05, 0.1) is 5.56 Å². The topological polar surface area (TPSA) is 92.3 Å². The Morgan fingerprint density at radius 2 is 1.88 bits per heavy atom. The maximum absolute atomic E-state index is 12.8. The summed E-state index contributed by atoms with van der Waals surface area (Å²) in [6, 6.07) is 6.97. The van der Waals surface area contributed by atoms with Crippen molar-refractivity contribution >= 4 is 17.4 Å². The monoisotopic (exact) mass is 458 g/mol. The lowest BCUT2D eigenvalue weighted by Gasteiger charge is -2.21. The highest BCUT2D eigenvalue weighted by Gasteiger charge is 2.31. The number of nitrogens with zero attached hydrogens (tertiary/aromatic N) is 4. The molecule has 2 N–H and O–H groups in total. The van der Waals surface area contributed by atoms with E-state index in [1.165, 1.54) is 24.7 Å². The lowest BCUT2D eigenvalue weighted by Crippen LogP contribution is -2.30. The van der Waals surface area contributed by atoms with Crippen LogP contribution < -0.4 is 20.3 Å². The minimum atomic E-state index is -4.78. The number of anilines is 2. The number of pyridine rings is 1. The Hall–Kier alpha value is -3.73. The molecule has 1 aromatic carbocycles. The van der Waals surface area contributed by atoms with E-state index < -0.39 is 12.3 Å². The maximum Gasteiger partial charge on any atom is 0.573 e. The highest BCUT2D eigenvalue weighted by molar-refractivity contribution is 6.05. The van der Waals surface area contributed by atoms with Crippen LogP contribution >= 0.6 is 0 Å². The summed E-state index contributed by atoms with van der Waals surface area (Å²) in [6.07, 6.45) is 2.40. The number of benzene rings is 1. The minimum Gasteiger partial charge on any atom is -0.406 e. The Morgan fingerprint density at radius 3 is 2.52 bits per heavy atom. The predicted octanol–water partition coefficient (Wildman–Crippen LogP) is 3.49. The Balaban J connectivity index is 1.57. The van der Waals surface area contributed by atoms with Gasteiger partial charge in [-0.25, -0.2) is 15.0 Å². The van der Waals surface area contributed by atoms with Crippen molar-refractivity contribution < 1.29 is 22.7 Å². The smallest absolute Gasteiger partial charge is 0.406 e. The Bertz CT molecular complexity index is 1110. The highest BCUT2D eigenvalue weighted by atomic mass is 19.4. The van der Waals surface area contributed by atoms with Gasteiger partial charge in [-0.15, -0.1) is 13.2 Å². The summed E-state index contributed by atoms with van der Waals surface area (Å²) in [5.41, 5.74) is 2.04. The van der Waals surface area contributed by atoms with Crippen LogP contribution in [-0.4, -0.2) is 53.4 Å². The molecule has 8 nitrogen and oxygen atoms in total. The molecule has 1 aliphatic rings. The van der Waals surface area contributed by atoms with E-state index in [1.54, 1.807) is 18.5 Å². The first-order valence-corrected chi connectivity index (χ1v) is 10.2. The molecule has 0 spiro atoms. The van der Waals surface area contributed by atoms with Gasteiger partial charge in [-0.05, 0) is 43.8 Å². The highest BCUT2D eigenvalue weighted by Crippen LogP contribution is 2.31. The zero-order chi connectivity index (χ0) is 23.4. The maximum atomic E-state index is 12.8. The van der Waals surface area contributed by atoms with Gasteiger partial charge < -0.3 is 20.3 Å². The number of carbonyl (C=O) groups is 1. The van der Waals surface area contributed by atoms with Crippen LogP contribution in [0.5, 0.6) is 5.75 Å². The molecule has 0 unspecified atom stereocenters. The van der Waals surface area contributed by atoms with Gasteiger partial charge in [-0.2, -0.15) is 0 Å². The summed E-state index contributed by atoms with van der Waals surface area (Å²) in [5.74, 6) is -0.0951. The quantitative estimate of drug-likeness (QED) is 0.584. The summed E-state index contributed by atoms with van der Waals surface area (Å²) in [6.45, 7) is 1.60. The molecule has 0 aliphatic carbocycles. The number of ether oxygens (including phenoxy) is 1. The first-order valence-electron chi connectivity index (χ1n) is 10.2. The Morgan fingerprint density at radius 1 is 1.15 bits per heavy atom. The first-order chi connectivity index (χ1) is 15.8. The van der Waals surface area contributed by atoms with Crippen LogP contribution in [0.3, 0.4) is 0 Å². The molecule has 33 heavy (non-hydrogen) atoms. The fraction of sp³-hybridized carbons (Fsp3) is 0.273. The molecule has 0 saturated carbocycles. The molecule has 0 radical (unpaired) electrons. The molecule has 2 aromatic heterocycles. The molecule has 1 saturated heterocycles. The number of rotatable bonds is 6. The second-order valence-corrected chi connectivity index (χ2v) is 7.47. The molecule has 11 heteroatoms. The molecule has 1 fully saturated rings. The minimum absolute atomic E-state index is 0.289. The number of hydrogen-bond acceptors (Lipinski definition) is 7. The molecule has 3 heterocycles. The van der Waals surface area contributed by atoms with E-state index in [9.17, 15) is 18.0 Å². The molecule has 1 atom stereocenters. The van der Waals surface area contributed by atoms with Crippen molar-refractivity contribution in [3.63, 3.8) is 0 Å². The molecule has 1 amide bonds. The van der Waals surface area contributed by atoms with Gasteiger partial charge in [0, 0.05) is 54.5 Å². The van der Waals surface area contributed by atoms with Crippen LogP contribution in [0.15, 0.2) is 55.2 Å². The van der Waals surface area contributed by atoms with Crippen molar-refractivity contribution in [2.24, 2.45) is 0 Å². The molecule has 172 valence electrons. The van der Waals surface area contributed by atoms with E-state index in [1.807, 2.05) is 7.05 Å². The van der Waals surface area contributed by atoms with Crippen molar-refractivity contribution in [1.82, 2.24) is 20.3 Å². The van der Waals surface area contributed by atoms with Gasteiger partial charge in [0.1, 0.15) is 17.9 Å². The predicted molar refractivity (Wildman–Crippen MR) is 116 cm³/mol. The fourth-order valence-corrected chi connectivity index (χ4v) is 3.62. The molecule has 3 aromatic rings. The van der Waals surface area contributed by atoms with Crippen molar-refractivity contribution in [1.29, 1.82) is 0 Å². The third-order valence-electron chi connectivity index (χ3n) is 5.24. The molecule has 1 aliphatic heterocycles.